The standard InChI is InChI=1S/C30H32FN3O5.3C27H30N4O4/c31-27-14-21(7-8-26(27)24(17-35)15-28-29(38)30(39)33-19-32-28)4-1-20-2-5-23(6-3-20)16-34-11-9-22(10-12-34)13-25(37)18-36;28-14-24-16-31(11-12-35-24)15-21-5-3-19(4-6-21)1-2-20-7-9-22(10-8-20)23(17-32)13-25-26(33)27(34)30-18-29-25;2*32-16-23(13-25-26(34)27(35)30-18-29-25)22-9-7-20(8-10-22)2-1-19-3-5-21(6-4-19)15-31-12-11-28-14-24(31)17-33/h2-3,5-8,14,19,22,24,35-36,38H,9-13,15-18H2,(H,32,33,39);3-10,18,23-24,32-33H,11-17,28H2,(H,29,30,34);2*3-10,18,23-24,28,32-34H,11-17H2,(H,29,30,35)/t;;23-,24+;23-,24-/m..11/s1. The smallest absolute Gasteiger partial charge is 0.293 e. The van der Waals surface area contributed by atoms with Crippen molar-refractivity contribution in [3.8, 4) is 70.4 Å². The first-order valence-corrected chi connectivity index (χ1v) is 48.0. The second-order valence-corrected chi connectivity index (χ2v) is 35.9. The van der Waals surface area contributed by atoms with Crippen LogP contribution in [0.2, 0.25) is 0 Å². The number of piperazine rings is 2. The molecule has 4 aromatic heterocycles. The molecule has 4 aliphatic rings. The molecule has 33 heteroatoms. The zero-order chi connectivity index (χ0) is 102. The lowest BCUT2D eigenvalue weighted by Gasteiger charge is -2.35. The fourth-order valence-corrected chi connectivity index (χ4v) is 17.4. The zero-order valence-corrected chi connectivity index (χ0v) is 79.9. The number of H-pyrrole nitrogens is 4. The topological polar surface area (TPSA) is 495 Å². The van der Waals surface area contributed by atoms with Crippen LogP contribution in [0.3, 0.4) is 0 Å². The number of halogens is 1. The third-order valence-corrected chi connectivity index (χ3v) is 25.9. The van der Waals surface area contributed by atoms with Crippen molar-refractivity contribution in [2.75, 3.05) is 125 Å². The summed E-state index contributed by atoms with van der Waals surface area (Å²) in [5.41, 5.74) is 18.4. The first kappa shape index (κ1) is 107. The lowest BCUT2D eigenvalue weighted by molar-refractivity contribution is -0.123. The second-order valence-electron chi connectivity index (χ2n) is 35.9. The summed E-state index contributed by atoms with van der Waals surface area (Å²) in [6.45, 7) is 12.6. The van der Waals surface area contributed by atoms with Crippen LogP contribution in [0.4, 0.5) is 4.39 Å². The van der Waals surface area contributed by atoms with Gasteiger partial charge in [-0.15, -0.1) is 0 Å². The molecule has 12 aromatic rings. The number of morpholine rings is 1. The van der Waals surface area contributed by atoms with Gasteiger partial charge in [-0.05, 0) is 173 Å². The molecule has 0 aliphatic carbocycles. The summed E-state index contributed by atoms with van der Waals surface area (Å²) in [6, 6.07) is 60.1. The van der Waals surface area contributed by atoms with Crippen LogP contribution < -0.4 is 38.6 Å². The molecule has 0 saturated carbocycles. The Labute approximate surface area is 833 Å². The predicted octanol–water partition coefficient (Wildman–Crippen LogP) is 5.77. The average molecular weight is 1960 g/mol. The number of aromatic hydroxyl groups is 4. The van der Waals surface area contributed by atoms with E-state index < -0.39 is 57.0 Å². The number of rotatable bonds is 30. The highest BCUT2D eigenvalue weighted by atomic mass is 19.1. The van der Waals surface area contributed by atoms with Gasteiger partial charge in [0.2, 0.25) is 23.0 Å². The minimum absolute atomic E-state index is 0.00193. The number of nitrogens with zero attached hydrogens (tertiary/aromatic N) is 8. The molecule has 32 nitrogen and oxygen atoms in total. The van der Waals surface area contributed by atoms with Gasteiger partial charge in [-0.25, -0.2) is 24.3 Å². The number of nitrogens with one attached hydrogen (secondary N) is 6. The minimum atomic E-state index is -0.690. The van der Waals surface area contributed by atoms with Crippen LogP contribution in [0.25, 0.3) is 0 Å². The molecule has 3 unspecified atom stereocenters. The summed E-state index contributed by atoms with van der Waals surface area (Å²) < 4.78 is 20.5. The fraction of sp³-hybridized carbons (Fsp3) is 0.342. The Kier molecular flexibility index (Phi) is 40.7. The van der Waals surface area contributed by atoms with Crippen molar-refractivity contribution in [2.45, 2.75) is 113 Å². The molecule has 16 rings (SSSR count). The number of likely N-dealkylation sites (tertiary alicyclic amines) is 1. The number of Topliss-reactive ketones (excluding diaryl/α,β-unsaturated/α-hetero) is 1. The first-order valence-electron chi connectivity index (χ1n) is 48.0. The van der Waals surface area contributed by atoms with Crippen molar-refractivity contribution in [2.24, 2.45) is 11.7 Å². The van der Waals surface area contributed by atoms with Crippen LogP contribution in [-0.2, 0) is 61.4 Å². The Bertz CT molecular complexity index is 6510. The number of benzene rings is 8. The van der Waals surface area contributed by atoms with Gasteiger partial charge >= 0.3 is 0 Å². The quantitative estimate of drug-likeness (QED) is 0.0238. The summed E-state index contributed by atoms with van der Waals surface area (Å²) in [7, 11) is 0. The number of aliphatic hydroxyl groups excluding tert-OH is 7. The Morgan fingerprint density at radius 3 is 1.03 bits per heavy atom. The first-order chi connectivity index (χ1) is 70.0. The van der Waals surface area contributed by atoms with Crippen LogP contribution >= 0.6 is 0 Å². The number of carbonyl (C=O) groups excluding carboxylic acids is 1. The van der Waals surface area contributed by atoms with Gasteiger partial charge in [0.05, 0.1) is 100 Å². The van der Waals surface area contributed by atoms with Gasteiger partial charge in [-0.3, -0.25) is 43.6 Å². The molecule has 4 aliphatic heterocycles. The highest BCUT2D eigenvalue weighted by Gasteiger charge is 2.28. The Balaban J connectivity index is 0.000000161. The molecule has 8 heterocycles. The number of carbonyl (C=O) groups is 1. The fourth-order valence-electron chi connectivity index (χ4n) is 17.4. The SMILES string of the molecule is NCC1CN(Cc2ccc(C#Cc3ccc(C(CO)Cc4nc[nH]c(=O)c4O)cc3)cc2)CCO1.O=C(CO)CC1CCN(Cc2ccc(C#Cc3ccc(C(CO)Cc4nc[nH]c(=O)c4O)c(F)c3)cc2)CC1.O=c1[nH]cnc(C[C@H](CO)c2ccc(C#Cc3ccc(CN4CCNC[C@@H]4CO)cc3)cc2)c1O.O=c1[nH]cnc(C[C@H](CO)c2ccc(C#Cc3ccc(CN4CCNC[C@H]4CO)cc3)cc2)c1O. The van der Waals surface area contributed by atoms with E-state index in [1.165, 1.54) is 41.7 Å². The van der Waals surface area contributed by atoms with E-state index in [2.05, 4.69) is 154 Å². The van der Waals surface area contributed by atoms with Crippen molar-refractivity contribution in [1.29, 1.82) is 0 Å². The van der Waals surface area contributed by atoms with E-state index >= 15 is 0 Å². The van der Waals surface area contributed by atoms with E-state index in [-0.39, 0.29) is 142 Å². The number of hydrogen-bond donors (Lipinski definition) is 18. The Morgan fingerprint density at radius 2 is 0.715 bits per heavy atom. The van der Waals surface area contributed by atoms with Gasteiger partial charge in [0.1, 0.15) is 12.4 Å². The third-order valence-electron chi connectivity index (χ3n) is 25.9. The van der Waals surface area contributed by atoms with E-state index in [0.29, 0.717) is 31.1 Å². The van der Waals surface area contributed by atoms with Crippen molar-refractivity contribution >= 4 is 5.78 Å². The summed E-state index contributed by atoms with van der Waals surface area (Å²) in [6.07, 6.45) is 8.12. The maximum Gasteiger partial charge on any atom is 0.293 e. The monoisotopic (exact) mass is 1960 g/mol. The van der Waals surface area contributed by atoms with Gasteiger partial charge in [0, 0.05) is 197 Å². The molecule has 0 spiro atoms. The van der Waals surface area contributed by atoms with Gasteiger partial charge < -0.3 is 97.2 Å². The normalized spacial score (nSPS) is 16.4. The predicted molar refractivity (Wildman–Crippen MR) is 543 cm³/mol. The molecule has 144 heavy (non-hydrogen) atoms. The summed E-state index contributed by atoms with van der Waals surface area (Å²) >= 11 is 0. The number of ketones is 1. The van der Waals surface area contributed by atoms with E-state index in [9.17, 15) is 79.4 Å². The van der Waals surface area contributed by atoms with E-state index in [4.69, 9.17) is 15.6 Å². The van der Waals surface area contributed by atoms with E-state index in [0.717, 1.165) is 172 Å². The van der Waals surface area contributed by atoms with Crippen LogP contribution in [0.15, 0.2) is 233 Å². The molecular formula is C111H122FN15O17. The summed E-state index contributed by atoms with van der Waals surface area (Å²) in [4.78, 5) is 92.3. The van der Waals surface area contributed by atoms with E-state index in [1.807, 2.05) is 133 Å². The largest absolute Gasteiger partial charge is 0.502 e. The number of ether oxygens (including phenoxy) is 1. The van der Waals surface area contributed by atoms with Crippen LogP contribution in [-0.4, -0.2) is 264 Å². The molecule has 19 N–H and O–H groups in total. The minimum Gasteiger partial charge on any atom is -0.502 e. The number of piperidine rings is 1. The van der Waals surface area contributed by atoms with Crippen molar-refractivity contribution < 1.29 is 70.1 Å². The Hall–Kier alpha value is -14.3. The number of aliphatic hydroxyl groups is 7. The highest BCUT2D eigenvalue weighted by molar-refractivity contribution is 5.79. The summed E-state index contributed by atoms with van der Waals surface area (Å²) in [5.74, 6) is 21.5. The Morgan fingerprint density at radius 1 is 0.403 bits per heavy atom. The van der Waals surface area contributed by atoms with Gasteiger partial charge in [0.25, 0.3) is 22.2 Å². The third kappa shape index (κ3) is 31.6. The molecule has 8 aromatic carbocycles. The van der Waals surface area contributed by atoms with Gasteiger partial charge in [-0.1, -0.05) is 138 Å². The zero-order valence-electron chi connectivity index (χ0n) is 79.9. The highest BCUT2D eigenvalue weighted by Crippen LogP contribution is 2.31. The van der Waals surface area contributed by atoms with Gasteiger partial charge in [0.15, 0.2) is 5.78 Å². The lowest BCUT2D eigenvalue weighted by Crippen LogP contribution is -2.52. The molecule has 0 radical (unpaired) electrons. The number of nitrogens with two attached hydrogens (primary N) is 1. The van der Waals surface area contributed by atoms with Crippen molar-refractivity contribution in [3.63, 3.8) is 0 Å². The average Bonchev–Trinajstić information content (AvgIpc) is 1.76. The molecular weight excluding hydrogens is 1830 g/mol. The molecule has 4 saturated heterocycles. The molecule has 0 bridgehead atoms. The van der Waals surface area contributed by atoms with Crippen LogP contribution in [0.5, 0.6) is 23.0 Å². The van der Waals surface area contributed by atoms with Crippen LogP contribution in [0.1, 0.15) is 155 Å². The van der Waals surface area contributed by atoms with Crippen LogP contribution in [0, 0.1) is 59.1 Å². The second kappa shape index (κ2) is 54.8. The summed E-state index contributed by atoms with van der Waals surface area (Å²) in [5, 5.41) is 114. The lowest BCUT2D eigenvalue weighted by atomic mass is 9.91. The molecule has 7 atom stereocenters. The molecule has 4 fully saturated rings. The number of hydrogen-bond acceptors (Lipinski definition) is 28. The van der Waals surface area contributed by atoms with Crippen molar-refractivity contribution in [1.82, 2.24) is 70.1 Å². The number of aromatic amines is 4. The molecule has 0 amide bonds. The van der Waals surface area contributed by atoms with E-state index in [1.54, 1.807) is 12.1 Å². The number of aromatic nitrogens is 8. The maximum absolute atomic E-state index is 14.9. The van der Waals surface area contributed by atoms with Gasteiger partial charge in [-0.2, -0.15) is 0 Å². The van der Waals surface area contributed by atoms with Crippen molar-refractivity contribution in [3.05, 3.63) is 372 Å². The molecule has 750 valence electrons. The maximum atomic E-state index is 14.9.